The molecule has 1 aromatic heterocycles. The Morgan fingerprint density at radius 1 is 1.21 bits per heavy atom. The first-order chi connectivity index (χ1) is 13.8. The zero-order chi connectivity index (χ0) is 21.1. The van der Waals surface area contributed by atoms with Crippen LogP contribution in [0.2, 0.25) is 0 Å². The predicted molar refractivity (Wildman–Crippen MR) is 110 cm³/mol. The lowest BCUT2D eigenvalue weighted by Crippen LogP contribution is -2.54. The summed E-state index contributed by atoms with van der Waals surface area (Å²) in [6.07, 6.45) is 1.41. The Labute approximate surface area is 175 Å². The summed E-state index contributed by atoms with van der Waals surface area (Å²) in [6, 6.07) is 6.20. The molecule has 0 aliphatic carbocycles. The van der Waals surface area contributed by atoms with Gasteiger partial charge in [0, 0.05) is 43.3 Å². The number of nitro groups is 1. The van der Waals surface area contributed by atoms with E-state index in [0.717, 1.165) is 4.47 Å². The highest BCUT2D eigenvalue weighted by molar-refractivity contribution is 9.10. The molecule has 1 aromatic carbocycles. The van der Waals surface area contributed by atoms with E-state index in [9.17, 15) is 19.7 Å². The summed E-state index contributed by atoms with van der Waals surface area (Å²) in [4.78, 5) is 43.0. The number of carbonyl (C=O) groups is 2. The van der Waals surface area contributed by atoms with E-state index in [1.807, 2.05) is 4.90 Å². The molecule has 0 bridgehead atoms. The zero-order valence-electron chi connectivity index (χ0n) is 16.0. The Bertz CT molecular complexity index is 921. The average molecular weight is 465 g/mol. The van der Waals surface area contributed by atoms with E-state index in [0.29, 0.717) is 37.6 Å². The molecule has 0 radical (unpaired) electrons. The number of aryl methyl sites for hydroxylation is 1. The van der Waals surface area contributed by atoms with Gasteiger partial charge in [-0.3, -0.25) is 14.2 Å². The Hall–Kier alpha value is -2.95. The fraction of sp³-hybridized carbons (Fsp3) is 0.389. The minimum absolute atomic E-state index is 0.186. The molecular weight excluding hydrogens is 444 g/mol. The first kappa shape index (κ1) is 20.8. The van der Waals surface area contributed by atoms with Gasteiger partial charge in [-0.2, -0.15) is 0 Å². The number of halogens is 1. The van der Waals surface area contributed by atoms with Gasteiger partial charge in [-0.05, 0) is 41.1 Å². The van der Waals surface area contributed by atoms with Gasteiger partial charge in [-0.25, -0.2) is 0 Å². The summed E-state index contributed by atoms with van der Waals surface area (Å²) in [6.45, 7) is 3.34. The molecule has 0 spiro atoms. The smallest absolute Gasteiger partial charge is 0.358 e. The number of carbonyl (C=O) groups excluding carboxylic acids is 2. The Morgan fingerprint density at radius 3 is 2.41 bits per heavy atom. The van der Waals surface area contributed by atoms with Crippen LogP contribution in [0.1, 0.15) is 17.3 Å². The number of benzene rings is 1. The molecule has 11 heteroatoms. The Morgan fingerprint density at radius 2 is 1.83 bits per heavy atom. The molecule has 1 aliphatic heterocycles. The number of aromatic nitrogens is 2. The second kappa shape index (κ2) is 8.60. The molecule has 2 aromatic rings. The molecule has 2 heterocycles. The minimum Gasteiger partial charge on any atom is -0.358 e. The lowest BCUT2D eigenvalue weighted by atomic mass is 10.2. The molecule has 1 aliphatic rings. The van der Waals surface area contributed by atoms with E-state index in [1.165, 1.54) is 6.33 Å². The maximum absolute atomic E-state index is 12.7. The SMILES string of the molecule is C[C@@H](NC(=O)c1ccc(Br)cc1)C(=O)N1CCN(c2c([N+](=O)[O-])ncn2C)CC1. The van der Waals surface area contributed by atoms with Crippen molar-refractivity contribution in [1.29, 1.82) is 0 Å². The molecule has 1 atom stereocenters. The molecule has 0 saturated carbocycles. The average Bonchev–Trinajstić information content (AvgIpc) is 3.09. The highest BCUT2D eigenvalue weighted by atomic mass is 79.9. The maximum Gasteiger partial charge on any atom is 0.406 e. The predicted octanol–water partition coefficient (Wildman–Crippen LogP) is 1.56. The third kappa shape index (κ3) is 4.56. The van der Waals surface area contributed by atoms with Gasteiger partial charge in [0.25, 0.3) is 5.91 Å². The highest BCUT2D eigenvalue weighted by Crippen LogP contribution is 2.26. The quantitative estimate of drug-likeness (QED) is 0.530. The molecule has 2 amide bonds. The molecule has 3 rings (SSSR count). The fourth-order valence-electron chi connectivity index (χ4n) is 3.26. The van der Waals surface area contributed by atoms with Crippen molar-refractivity contribution in [3.05, 3.63) is 50.7 Å². The van der Waals surface area contributed by atoms with Gasteiger partial charge in [0.05, 0.1) is 0 Å². The number of nitrogens with one attached hydrogen (secondary N) is 1. The number of hydrogen-bond acceptors (Lipinski definition) is 6. The number of rotatable bonds is 5. The largest absolute Gasteiger partial charge is 0.406 e. The van der Waals surface area contributed by atoms with Crippen molar-refractivity contribution in [2.24, 2.45) is 7.05 Å². The third-order valence-corrected chi connectivity index (χ3v) is 5.30. The van der Waals surface area contributed by atoms with Crippen LogP contribution in [0.5, 0.6) is 0 Å². The van der Waals surface area contributed by atoms with Gasteiger partial charge in [0.2, 0.25) is 18.1 Å². The van der Waals surface area contributed by atoms with Crippen molar-refractivity contribution in [3.8, 4) is 0 Å². The van der Waals surface area contributed by atoms with Crippen LogP contribution < -0.4 is 10.2 Å². The van der Waals surface area contributed by atoms with Gasteiger partial charge in [-0.15, -0.1) is 0 Å². The highest BCUT2D eigenvalue weighted by Gasteiger charge is 2.31. The van der Waals surface area contributed by atoms with Gasteiger partial charge in [0.1, 0.15) is 6.04 Å². The lowest BCUT2D eigenvalue weighted by Gasteiger charge is -2.36. The summed E-state index contributed by atoms with van der Waals surface area (Å²) >= 11 is 3.32. The van der Waals surface area contributed by atoms with E-state index < -0.39 is 11.0 Å². The van der Waals surface area contributed by atoms with E-state index in [-0.39, 0.29) is 17.6 Å². The molecule has 1 N–H and O–H groups in total. The topological polar surface area (TPSA) is 114 Å². The monoisotopic (exact) mass is 464 g/mol. The van der Waals surface area contributed by atoms with E-state index in [1.54, 1.807) is 47.7 Å². The number of anilines is 1. The van der Waals surface area contributed by atoms with Crippen LogP contribution in [-0.4, -0.2) is 63.4 Å². The van der Waals surface area contributed by atoms with Crippen LogP contribution in [0.4, 0.5) is 11.6 Å². The van der Waals surface area contributed by atoms with Crippen LogP contribution in [0.25, 0.3) is 0 Å². The van der Waals surface area contributed by atoms with Crippen molar-refractivity contribution in [3.63, 3.8) is 0 Å². The summed E-state index contributed by atoms with van der Waals surface area (Å²) < 4.78 is 2.47. The summed E-state index contributed by atoms with van der Waals surface area (Å²) in [5.41, 5.74) is 0.473. The maximum atomic E-state index is 12.7. The number of hydrogen-bond donors (Lipinski definition) is 1. The van der Waals surface area contributed by atoms with Gasteiger partial charge < -0.3 is 25.2 Å². The van der Waals surface area contributed by atoms with Crippen molar-refractivity contribution < 1.29 is 14.5 Å². The molecule has 1 fully saturated rings. The van der Waals surface area contributed by atoms with Crippen molar-refractivity contribution in [2.75, 3.05) is 31.1 Å². The first-order valence-electron chi connectivity index (χ1n) is 9.04. The number of amides is 2. The van der Waals surface area contributed by atoms with Gasteiger partial charge in [-0.1, -0.05) is 15.9 Å². The van der Waals surface area contributed by atoms with Crippen molar-refractivity contribution in [2.45, 2.75) is 13.0 Å². The first-order valence-corrected chi connectivity index (χ1v) is 9.83. The number of nitrogens with zero attached hydrogens (tertiary/aromatic N) is 5. The summed E-state index contributed by atoms with van der Waals surface area (Å²) in [5, 5.41) is 13.9. The molecule has 1 saturated heterocycles. The lowest BCUT2D eigenvalue weighted by molar-refractivity contribution is -0.388. The molecular formula is C18H21BrN6O4. The standard InChI is InChI=1S/C18H21BrN6O4/c1-12(21-16(26)13-3-5-14(19)6-4-13)18(27)24-9-7-23(8-10-24)17-15(25(28)29)20-11-22(17)2/h3-6,11-12H,7-10H2,1-2H3,(H,21,26)/t12-/m1/s1. The number of imidazole rings is 1. The zero-order valence-corrected chi connectivity index (χ0v) is 17.6. The second-order valence-corrected chi connectivity index (χ2v) is 7.69. The van der Waals surface area contributed by atoms with Crippen LogP contribution in [0, 0.1) is 10.1 Å². The second-order valence-electron chi connectivity index (χ2n) is 6.77. The van der Waals surface area contributed by atoms with Crippen molar-refractivity contribution in [1.82, 2.24) is 19.8 Å². The van der Waals surface area contributed by atoms with Crippen LogP contribution in [0.3, 0.4) is 0 Å². The van der Waals surface area contributed by atoms with Crippen molar-refractivity contribution >= 4 is 39.4 Å². The Kier molecular flexibility index (Phi) is 6.16. The minimum atomic E-state index is -0.677. The molecule has 29 heavy (non-hydrogen) atoms. The molecule has 0 unspecified atom stereocenters. The van der Waals surface area contributed by atoms with E-state index in [4.69, 9.17) is 0 Å². The third-order valence-electron chi connectivity index (χ3n) is 4.78. The van der Waals surface area contributed by atoms with E-state index >= 15 is 0 Å². The number of piperazine rings is 1. The fourth-order valence-corrected chi connectivity index (χ4v) is 3.52. The summed E-state index contributed by atoms with van der Waals surface area (Å²) in [7, 11) is 1.70. The van der Waals surface area contributed by atoms with Crippen LogP contribution in [0.15, 0.2) is 35.1 Å². The molecule has 154 valence electrons. The summed E-state index contributed by atoms with van der Waals surface area (Å²) in [5.74, 6) is -0.266. The Balaban J connectivity index is 1.58. The molecule has 10 nitrogen and oxygen atoms in total. The van der Waals surface area contributed by atoms with Crippen LogP contribution in [-0.2, 0) is 11.8 Å². The van der Waals surface area contributed by atoms with E-state index in [2.05, 4.69) is 26.2 Å². The normalized spacial score (nSPS) is 15.1. The van der Waals surface area contributed by atoms with Gasteiger partial charge in [0.15, 0.2) is 0 Å². The van der Waals surface area contributed by atoms with Crippen LogP contribution >= 0.6 is 15.9 Å². The van der Waals surface area contributed by atoms with Gasteiger partial charge >= 0.3 is 5.82 Å².